The summed E-state index contributed by atoms with van der Waals surface area (Å²) in [5.74, 6) is 0.907. The van der Waals surface area contributed by atoms with Crippen molar-refractivity contribution in [3.8, 4) is 11.5 Å². The number of nitrogens with one attached hydrogen (secondary N) is 2. The van der Waals surface area contributed by atoms with Crippen molar-refractivity contribution in [1.29, 1.82) is 0 Å². The highest BCUT2D eigenvalue weighted by Crippen LogP contribution is 2.39. The highest BCUT2D eigenvalue weighted by molar-refractivity contribution is 6.74. The van der Waals surface area contributed by atoms with Gasteiger partial charge in [0.25, 0.3) is 11.8 Å². The molecule has 0 aliphatic carbocycles. The molecule has 0 spiro atoms. The van der Waals surface area contributed by atoms with Gasteiger partial charge in [-0.25, -0.2) is 0 Å². The molecular formula is C58H82N4O10Si2. The summed E-state index contributed by atoms with van der Waals surface area (Å²) >= 11 is 0. The fraction of sp³-hybridized carbons (Fsp3) is 0.500. The number of carbonyl (C=O) groups is 5. The van der Waals surface area contributed by atoms with Crippen LogP contribution in [-0.2, 0) is 49.2 Å². The van der Waals surface area contributed by atoms with E-state index in [1.807, 2.05) is 97.1 Å². The number of β-amino-alcohol motifs (C(OH)–C–C–N with tert-alkyl or cyclic N) is 1. The summed E-state index contributed by atoms with van der Waals surface area (Å²) in [6.45, 7) is 28.0. The number of carbonyl (C=O) groups excluding carboxylic acids is 5. The van der Waals surface area contributed by atoms with Gasteiger partial charge < -0.3 is 43.9 Å². The number of aryl methyl sites for hydroxylation is 2. The molecule has 3 atom stereocenters. The first-order valence-corrected chi connectivity index (χ1v) is 31.9. The first-order valence-electron chi connectivity index (χ1n) is 26.1. The second-order valence-electron chi connectivity index (χ2n) is 22.3. The van der Waals surface area contributed by atoms with Crippen molar-refractivity contribution in [3.63, 3.8) is 0 Å². The quantitative estimate of drug-likeness (QED) is 0.0725. The van der Waals surface area contributed by atoms with Crippen LogP contribution in [0.3, 0.4) is 0 Å². The number of Topliss-reactive ketones (excluding diaryl/α,β-unsaturated/α-hetero) is 1. The third kappa shape index (κ3) is 17.2. The van der Waals surface area contributed by atoms with Gasteiger partial charge in [0.1, 0.15) is 17.6 Å². The third-order valence-electron chi connectivity index (χ3n) is 14.7. The Balaban J connectivity index is 0.000000274. The van der Waals surface area contributed by atoms with Crippen LogP contribution in [0, 0.1) is 0 Å². The molecule has 0 aromatic heterocycles. The summed E-state index contributed by atoms with van der Waals surface area (Å²) in [6.07, 6.45) is 0.767. The molecule has 0 radical (unpaired) electrons. The SMILES string of the molecule is CCc1ccc(C(=O)NCc2ccc(OCCC(=O)N3CC(=O)[C@@H](O[Si](C)(C)C(C)(C)C)C3)cc2)cc1.CCc1ccc(C(=O)NCc2ccc(OCCC(=O)N3C[C@H](O[Si](C)(C)C(C)(C)C)[C@@H](O)C3)cc2)cc1. The summed E-state index contributed by atoms with van der Waals surface area (Å²) in [5.41, 5.74) is 5.59. The largest absolute Gasteiger partial charge is 0.493 e. The maximum Gasteiger partial charge on any atom is 0.251 e. The van der Waals surface area contributed by atoms with Crippen LogP contribution in [0.15, 0.2) is 97.1 Å². The molecule has 0 bridgehead atoms. The minimum absolute atomic E-state index is 0.000393. The Morgan fingerprint density at radius 1 is 0.568 bits per heavy atom. The third-order valence-corrected chi connectivity index (χ3v) is 23.7. The van der Waals surface area contributed by atoms with E-state index in [9.17, 15) is 29.1 Å². The van der Waals surface area contributed by atoms with Crippen LogP contribution in [0.25, 0.3) is 0 Å². The molecule has 2 saturated heterocycles. The van der Waals surface area contributed by atoms with E-state index in [1.54, 1.807) is 9.80 Å². The number of aliphatic hydroxyl groups excluding tert-OH is 1. The van der Waals surface area contributed by atoms with E-state index in [2.05, 4.69) is 92.2 Å². The van der Waals surface area contributed by atoms with Gasteiger partial charge in [-0.2, -0.15) is 0 Å². The lowest BCUT2D eigenvalue weighted by Crippen LogP contribution is -2.47. The summed E-state index contributed by atoms with van der Waals surface area (Å²) in [5, 5.41) is 16.4. The van der Waals surface area contributed by atoms with Gasteiger partial charge >= 0.3 is 0 Å². The number of hydrogen-bond donors (Lipinski definition) is 3. The van der Waals surface area contributed by atoms with E-state index in [0.29, 0.717) is 55.3 Å². The molecule has 4 aromatic carbocycles. The molecule has 74 heavy (non-hydrogen) atoms. The highest BCUT2D eigenvalue weighted by atomic mass is 28.4. The molecule has 6 rings (SSSR count). The fourth-order valence-corrected chi connectivity index (χ4v) is 10.3. The van der Waals surface area contributed by atoms with E-state index < -0.39 is 28.8 Å². The molecule has 402 valence electrons. The molecule has 2 heterocycles. The van der Waals surface area contributed by atoms with Crippen LogP contribution in [0.4, 0.5) is 0 Å². The molecule has 0 unspecified atom stereocenters. The lowest BCUT2D eigenvalue weighted by molar-refractivity contribution is -0.132. The Morgan fingerprint density at radius 2 is 0.959 bits per heavy atom. The summed E-state index contributed by atoms with van der Waals surface area (Å²) < 4.78 is 24.1. The van der Waals surface area contributed by atoms with Crippen LogP contribution in [-0.4, -0.2) is 119 Å². The Morgan fingerprint density at radius 3 is 1.36 bits per heavy atom. The number of likely N-dealkylation sites (tertiary alicyclic amines) is 2. The van der Waals surface area contributed by atoms with Crippen molar-refractivity contribution in [2.75, 3.05) is 39.4 Å². The van der Waals surface area contributed by atoms with E-state index in [-0.39, 0.29) is 78.2 Å². The zero-order valence-electron chi connectivity index (χ0n) is 46.0. The zero-order valence-corrected chi connectivity index (χ0v) is 48.0. The molecule has 4 aromatic rings. The summed E-state index contributed by atoms with van der Waals surface area (Å²) in [7, 11) is -4.12. The van der Waals surface area contributed by atoms with Crippen LogP contribution in [0.5, 0.6) is 11.5 Å². The van der Waals surface area contributed by atoms with Gasteiger partial charge in [0, 0.05) is 37.3 Å². The number of amides is 4. The van der Waals surface area contributed by atoms with Crippen LogP contribution in [0.1, 0.15) is 111 Å². The smallest absolute Gasteiger partial charge is 0.251 e. The van der Waals surface area contributed by atoms with Gasteiger partial charge in [-0.15, -0.1) is 0 Å². The van der Waals surface area contributed by atoms with E-state index >= 15 is 0 Å². The van der Waals surface area contributed by atoms with Crippen molar-refractivity contribution < 1.29 is 47.4 Å². The zero-order chi connectivity index (χ0) is 54.4. The number of aliphatic hydroxyl groups is 1. The first kappa shape index (κ1) is 59.2. The maximum atomic E-state index is 12.7. The number of ketones is 1. The second kappa shape index (κ2) is 26.2. The number of hydrogen-bond acceptors (Lipinski definition) is 10. The van der Waals surface area contributed by atoms with Gasteiger partial charge in [-0.3, -0.25) is 24.0 Å². The second-order valence-corrected chi connectivity index (χ2v) is 31.9. The minimum atomic E-state index is -2.09. The Hall–Kier alpha value is -5.66. The molecular weight excluding hydrogens is 969 g/mol. The first-order chi connectivity index (χ1) is 34.8. The summed E-state index contributed by atoms with van der Waals surface area (Å²) in [4.78, 5) is 65.8. The van der Waals surface area contributed by atoms with Crippen molar-refractivity contribution in [3.05, 3.63) is 130 Å². The normalized spacial score (nSPS) is 17.1. The lowest BCUT2D eigenvalue weighted by atomic mass is 10.1. The topological polar surface area (TPSA) is 173 Å². The van der Waals surface area contributed by atoms with Crippen LogP contribution >= 0.6 is 0 Å². The molecule has 2 aliphatic heterocycles. The predicted molar refractivity (Wildman–Crippen MR) is 295 cm³/mol. The maximum absolute atomic E-state index is 12.7. The van der Waals surface area contributed by atoms with Crippen LogP contribution < -0.4 is 20.1 Å². The Labute approximate surface area is 442 Å². The number of rotatable bonds is 20. The summed E-state index contributed by atoms with van der Waals surface area (Å²) in [6, 6.07) is 30.1. The number of nitrogens with zero attached hydrogens (tertiary/aromatic N) is 2. The molecule has 4 amide bonds. The highest BCUT2D eigenvalue weighted by Gasteiger charge is 2.45. The Bertz CT molecular complexity index is 2490. The molecule has 14 nitrogen and oxygen atoms in total. The standard InChI is InChI=1S/C29H42N2O5Si.C29H40N2O5Si/c2*1-7-21-8-12-23(13-9-21)28(34)30-18-22-10-14-24(15-11-22)35-17-16-27(33)31-19-25(32)26(20-31)36-37(5,6)29(2,3)4/h8-15,25-26,32H,7,16-20H2,1-6H3,(H,30,34);8-15,26H,7,16-20H2,1-6H3,(H,30,34)/t25-,26-;26-/m00/s1. The average molecular weight is 1050 g/mol. The van der Waals surface area contributed by atoms with Crippen LogP contribution in [0.2, 0.25) is 36.3 Å². The van der Waals surface area contributed by atoms with Gasteiger partial charge in [0.15, 0.2) is 22.4 Å². The van der Waals surface area contributed by atoms with Gasteiger partial charge in [-0.1, -0.05) is 104 Å². The Kier molecular flexibility index (Phi) is 21.0. The average Bonchev–Trinajstić information content (AvgIpc) is 3.92. The van der Waals surface area contributed by atoms with Gasteiger partial charge in [0.05, 0.1) is 51.4 Å². The van der Waals surface area contributed by atoms with Crippen molar-refractivity contribution in [2.24, 2.45) is 0 Å². The number of benzene rings is 4. The lowest BCUT2D eigenvalue weighted by Gasteiger charge is -2.38. The monoisotopic (exact) mass is 1050 g/mol. The van der Waals surface area contributed by atoms with Crippen molar-refractivity contribution in [1.82, 2.24) is 20.4 Å². The molecule has 3 N–H and O–H groups in total. The van der Waals surface area contributed by atoms with Gasteiger partial charge in [-0.05, 0) is 120 Å². The van der Waals surface area contributed by atoms with E-state index in [0.717, 1.165) is 24.0 Å². The van der Waals surface area contributed by atoms with E-state index in [4.69, 9.17) is 18.3 Å². The molecule has 16 heteroatoms. The minimum Gasteiger partial charge on any atom is -0.493 e. The van der Waals surface area contributed by atoms with Crippen molar-refractivity contribution >= 4 is 46.0 Å². The van der Waals surface area contributed by atoms with Crippen molar-refractivity contribution in [2.45, 2.75) is 149 Å². The van der Waals surface area contributed by atoms with E-state index in [1.165, 1.54) is 11.1 Å². The predicted octanol–water partition coefficient (Wildman–Crippen LogP) is 9.29. The molecule has 2 aliphatic rings. The molecule has 0 saturated carbocycles. The fourth-order valence-electron chi connectivity index (χ4n) is 7.70. The number of ether oxygens (including phenoxy) is 2. The molecule has 2 fully saturated rings. The van der Waals surface area contributed by atoms with Gasteiger partial charge in [0.2, 0.25) is 11.8 Å².